The number of benzene rings is 1. The van der Waals surface area contributed by atoms with E-state index in [0.29, 0.717) is 11.6 Å². The Kier molecular flexibility index (Phi) is 4.52. The lowest BCUT2D eigenvalue weighted by Gasteiger charge is -2.12. The second-order valence-electron chi connectivity index (χ2n) is 4.22. The van der Waals surface area contributed by atoms with E-state index in [1.54, 1.807) is 6.92 Å². The lowest BCUT2D eigenvalue weighted by Crippen LogP contribution is -2.32. The van der Waals surface area contributed by atoms with Gasteiger partial charge in [0, 0.05) is 11.6 Å². The van der Waals surface area contributed by atoms with E-state index in [4.69, 9.17) is 11.6 Å². The summed E-state index contributed by atoms with van der Waals surface area (Å²) in [6.07, 6.45) is 3.69. The number of halogens is 1. The van der Waals surface area contributed by atoms with Crippen molar-refractivity contribution in [3.63, 3.8) is 0 Å². The highest BCUT2D eigenvalue weighted by atomic mass is 35.5. The Labute approximate surface area is 116 Å². The van der Waals surface area contributed by atoms with Gasteiger partial charge in [-0.2, -0.15) is 5.10 Å². The van der Waals surface area contributed by atoms with Crippen LogP contribution in [0.2, 0.25) is 5.02 Å². The van der Waals surface area contributed by atoms with E-state index in [1.807, 2.05) is 24.3 Å². The zero-order valence-electron chi connectivity index (χ0n) is 10.6. The molecular formula is C13H15ClN4O. The molecule has 1 aromatic heterocycles. The van der Waals surface area contributed by atoms with Crippen LogP contribution in [-0.4, -0.2) is 27.2 Å². The van der Waals surface area contributed by atoms with Crippen molar-refractivity contribution in [3.8, 4) is 0 Å². The van der Waals surface area contributed by atoms with Gasteiger partial charge in [0.15, 0.2) is 0 Å². The molecule has 0 fully saturated rings. The van der Waals surface area contributed by atoms with Gasteiger partial charge in [-0.15, -0.1) is 0 Å². The van der Waals surface area contributed by atoms with Crippen molar-refractivity contribution in [1.82, 2.24) is 20.1 Å². The molecule has 0 spiro atoms. The quantitative estimate of drug-likeness (QED) is 0.908. The number of nitrogens with one attached hydrogen (secondary N) is 1. The number of hydrogen-bond acceptors (Lipinski definition) is 3. The lowest BCUT2D eigenvalue weighted by atomic mass is 10.1. The van der Waals surface area contributed by atoms with Gasteiger partial charge in [0.05, 0.1) is 0 Å². The molecule has 5 nitrogen and oxygen atoms in total. The average molecular weight is 279 g/mol. The van der Waals surface area contributed by atoms with Crippen molar-refractivity contribution in [1.29, 1.82) is 0 Å². The zero-order valence-corrected chi connectivity index (χ0v) is 11.3. The summed E-state index contributed by atoms with van der Waals surface area (Å²) in [7, 11) is 0. The second kappa shape index (κ2) is 6.33. The van der Waals surface area contributed by atoms with Crippen LogP contribution >= 0.6 is 11.6 Å². The predicted octanol–water partition coefficient (Wildman–Crippen LogP) is 1.85. The molecule has 1 unspecified atom stereocenters. The molecule has 1 heterocycles. The third kappa shape index (κ3) is 3.79. The van der Waals surface area contributed by atoms with Gasteiger partial charge in [-0.1, -0.05) is 23.7 Å². The molecule has 1 aromatic carbocycles. The molecule has 2 rings (SSSR count). The summed E-state index contributed by atoms with van der Waals surface area (Å²) < 4.78 is 1.52. The fourth-order valence-electron chi connectivity index (χ4n) is 1.71. The van der Waals surface area contributed by atoms with E-state index in [-0.39, 0.29) is 11.9 Å². The van der Waals surface area contributed by atoms with Gasteiger partial charge < -0.3 is 5.32 Å². The number of aromatic nitrogens is 3. The Hall–Kier alpha value is -1.88. The maximum atomic E-state index is 11.9. The first-order valence-electron chi connectivity index (χ1n) is 6.03. The van der Waals surface area contributed by atoms with E-state index in [9.17, 15) is 4.79 Å². The summed E-state index contributed by atoms with van der Waals surface area (Å²) in [5, 5.41) is 7.52. The Bertz CT molecular complexity index is 541. The van der Waals surface area contributed by atoms with Crippen molar-refractivity contribution in [2.45, 2.75) is 19.4 Å². The number of carbonyl (C=O) groups is 1. The van der Waals surface area contributed by atoms with E-state index in [0.717, 1.165) is 12.0 Å². The van der Waals surface area contributed by atoms with Gasteiger partial charge in [-0.25, -0.2) is 9.67 Å². The molecule has 1 atom stereocenters. The van der Waals surface area contributed by atoms with E-state index in [1.165, 1.54) is 17.3 Å². The average Bonchev–Trinajstić information content (AvgIpc) is 2.91. The fourth-order valence-corrected chi connectivity index (χ4v) is 1.92. The molecule has 1 N–H and O–H groups in total. The molecule has 0 aliphatic carbocycles. The molecule has 1 amide bonds. The summed E-state index contributed by atoms with van der Waals surface area (Å²) in [4.78, 5) is 15.7. The molecule has 0 radical (unpaired) electrons. The zero-order chi connectivity index (χ0) is 13.7. The van der Waals surface area contributed by atoms with Crippen LogP contribution < -0.4 is 5.32 Å². The molecular weight excluding hydrogens is 264 g/mol. The minimum atomic E-state index is -0.359. The van der Waals surface area contributed by atoms with Crippen LogP contribution in [-0.2, 0) is 11.2 Å². The molecule has 100 valence electrons. The number of carbonyl (C=O) groups excluding carboxylic acids is 1. The first-order chi connectivity index (χ1) is 9.16. The topological polar surface area (TPSA) is 59.8 Å². The molecule has 0 bridgehead atoms. The summed E-state index contributed by atoms with van der Waals surface area (Å²) in [5.41, 5.74) is 1.10. The summed E-state index contributed by atoms with van der Waals surface area (Å²) >= 11 is 5.90. The standard InChI is InChI=1S/C13H15ClN4O/c1-10(18-9-15-8-17-18)13(19)16-6-5-11-3-2-4-12(14)7-11/h2-4,7-10H,5-6H2,1H3,(H,16,19). The van der Waals surface area contributed by atoms with Gasteiger partial charge in [0.25, 0.3) is 0 Å². The van der Waals surface area contributed by atoms with Crippen LogP contribution in [0.5, 0.6) is 0 Å². The van der Waals surface area contributed by atoms with Crippen molar-refractivity contribution < 1.29 is 4.79 Å². The maximum absolute atomic E-state index is 11.9. The summed E-state index contributed by atoms with van der Waals surface area (Å²) in [5.74, 6) is -0.0764. The van der Waals surface area contributed by atoms with Crippen LogP contribution in [0.25, 0.3) is 0 Å². The minimum absolute atomic E-state index is 0.0764. The van der Waals surface area contributed by atoms with Crippen molar-refractivity contribution in [2.24, 2.45) is 0 Å². The van der Waals surface area contributed by atoms with Crippen LogP contribution in [0.3, 0.4) is 0 Å². The minimum Gasteiger partial charge on any atom is -0.354 e. The van der Waals surface area contributed by atoms with Crippen LogP contribution in [0.4, 0.5) is 0 Å². The van der Waals surface area contributed by atoms with Crippen molar-refractivity contribution >= 4 is 17.5 Å². The molecule has 6 heteroatoms. The highest BCUT2D eigenvalue weighted by molar-refractivity contribution is 6.30. The highest BCUT2D eigenvalue weighted by Crippen LogP contribution is 2.10. The fraction of sp³-hybridized carbons (Fsp3) is 0.308. The van der Waals surface area contributed by atoms with Crippen molar-refractivity contribution in [2.75, 3.05) is 6.54 Å². The normalized spacial score (nSPS) is 12.1. The first kappa shape index (κ1) is 13.5. The number of hydrogen-bond donors (Lipinski definition) is 1. The molecule has 0 saturated carbocycles. The van der Waals surface area contributed by atoms with E-state index in [2.05, 4.69) is 15.4 Å². The predicted molar refractivity (Wildman–Crippen MR) is 72.9 cm³/mol. The van der Waals surface area contributed by atoms with Gasteiger partial charge >= 0.3 is 0 Å². The highest BCUT2D eigenvalue weighted by Gasteiger charge is 2.14. The molecule has 0 aliphatic rings. The largest absolute Gasteiger partial charge is 0.354 e. The van der Waals surface area contributed by atoms with Crippen LogP contribution in [0.1, 0.15) is 18.5 Å². The van der Waals surface area contributed by atoms with E-state index < -0.39 is 0 Å². The molecule has 19 heavy (non-hydrogen) atoms. The lowest BCUT2D eigenvalue weighted by molar-refractivity contribution is -0.124. The Morgan fingerprint density at radius 3 is 3.05 bits per heavy atom. The van der Waals surface area contributed by atoms with Gasteiger partial charge in [0.1, 0.15) is 18.7 Å². The molecule has 0 saturated heterocycles. The summed E-state index contributed by atoms with van der Waals surface area (Å²) in [6.45, 7) is 2.35. The number of nitrogens with zero attached hydrogens (tertiary/aromatic N) is 3. The second-order valence-corrected chi connectivity index (χ2v) is 4.66. The van der Waals surface area contributed by atoms with Gasteiger partial charge in [-0.3, -0.25) is 4.79 Å². The Balaban J connectivity index is 1.81. The number of amides is 1. The molecule has 2 aromatic rings. The van der Waals surface area contributed by atoms with Gasteiger partial charge in [0.2, 0.25) is 5.91 Å². The summed E-state index contributed by atoms with van der Waals surface area (Å²) in [6, 6.07) is 7.25. The van der Waals surface area contributed by atoms with Crippen LogP contribution in [0, 0.1) is 0 Å². The molecule has 0 aliphatic heterocycles. The SMILES string of the molecule is CC(C(=O)NCCc1cccc(Cl)c1)n1cncn1. The third-order valence-electron chi connectivity index (χ3n) is 2.81. The Morgan fingerprint density at radius 1 is 1.53 bits per heavy atom. The van der Waals surface area contributed by atoms with Crippen LogP contribution in [0.15, 0.2) is 36.9 Å². The van der Waals surface area contributed by atoms with Gasteiger partial charge in [-0.05, 0) is 31.0 Å². The smallest absolute Gasteiger partial charge is 0.244 e. The first-order valence-corrected chi connectivity index (χ1v) is 6.41. The van der Waals surface area contributed by atoms with Crippen molar-refractivity contribution in [3.05, 3.63) is 47.5 Å². The van der Waals surface area contributed by atoms with E-state index >= 15 is 0 Å². The Morgan fingerprint density at radius 2 is 2.37 bits per heavy atom. The third-order valence-corrected chi connectivity index (χ3v) is 3.05. The monoisotopic (exact) mass is 278 g/mol. The maximum Gasteiger partial charge on any atom is 0.244 e. The number of rotatable bonds is 5.